The lowest BCUT2D eigenvalue weighted by molar-refractivity contribution is -0.137. The van der Waals surface area contributed by atoms with E-state index in [0.717, 1.165) is 4.31 Å². The van der Waals surface area contributed by atoms with Gasteiger partial charge in [-0.25, -0.2) is 12.7 Å². The summed E-state index contributed by atoms with van der Waals surface area (Å²) in [5.74, 6) is -1.04. The van der Waals surface area contributed by atoms with Gasteiger partial charge in [0, 0.05) is 13.6 Å². The van der Waals surface area contributed by atoms with E-state index in [0.29, 0.717) is 5.69 Å². The molecule has 0 fully saturated rings. The van der Waals surface area contributed by atoms with Crippen LogP contribution >= 0.6 is 0 Å². The Balaban J connectivity index is 2.86. The van der Waals surface area contributed by atoms with Crippen LogP contribution < -0.4 is 0 Å². The number of nitrogens with one attached hydrogen (secondary N) is 1. The first kappa shape index (κ1) is 12.7. The second kappa shape index (κ2) is 4.62. The molecule has 0 aliphatic carbocycles. The molecule has 0 aliphatic rings. The highest BCUT2D eigenvalue weighted by molar-refractivity contribution is 7.89. The number of aromatic nitrogens is 2. The van der Waals surface area contributed by atoms with Crippen LogP contribution in [0.4, 0.5) is 0 Å². The molecule has 0 saturated carbocycles. The average molecular weight is 247 g/mol. The standard InChI is InChI=1S/C8H13N3O4S/c1-6-7(5-9-10-6)16(14,15)11(2)4-3-8(12)13/h5H,3-4H2,1-2H3,(H,9,10)(H,12,13). The summed E-state index contributed by atoms with van der Waals surface area (Å²) >= 11 is 0. The van der Waals surface area contributed by atoms with Crippen molar-refractivity contribution in [3.05, 3.63) is 11.9 Å². The van der Waals surface area contributed by atoms with Crippen LogP contribution in [-0.2, 0) is 14.8 Å². The molecule has 0 atom stereocenters. The quantitative estimate of drug-likeness (QED) is 0.750. The van der Waals surface area contributed by atoms with Gasteiger partial charge in [-0.05, 0) is 6.92 Å². The van der Waals surface area contributed by atoms with Crippen molar-refractivity contribution in [3.63, 3.8) is 0 Å². The van der Waals surface area contributed by atoms with E-state index >= 15 is 0 Å². The third-order valence-corrected chi connectivity index (χ3v) is 4.08. The molecule has 8 heteroatoms. The molecule has 16 heavy (non-hydrogen) atoms. The minimum absolute atomic E-state index is 0.0672. The van der Waals surface area contributed by atoms with Gasteiger partial charge in [0.05, 0.1) is 18.3 Å². The van der Waals surface area contributed by atoms with E-state index in [1.165, 1.54) is 13.2 Å². The number of carboxylic acids is 1. The number of hydrogen-bond acceptors (Lipinski definition) is 4. The molecule has 1 aromatic heterocycles. The number of rotatable bonds is 5. The van der Waals surface area contributed by atoms with E-state index in [4.69, 9.17) is 5.11 Å². The molecule has 0 aromatic carbocycles. The van der Waals surface area contributed by atoms with Gasteiger partial charge >= 0.3 is 5.97 Å². The van der Waals surface area contributed by atoms with Crippen LogP contribution in [0.2, 0.25) is 0 Å². The third-order valence-electron chi connectivity index (χ3n) is 2.11. The first-order valence-electron chi connectivity index (χ1n) is 4.54. The normalized spacial score (nSPS) is 11.9. The largest absolute Gasteiger partial charge is 0.481 e. The molecule has 90 valence electrons. The van der Waals surface area contributed by atoms with Gasteiger partial charge in [-0.2, -0.15) is 5.10 Å². The van der Waals surface area contributed by atoms with E-state index < -0.39 is 16.0 Å². The lowest BCUT2D eigenvalue weighted by Gasteiger charge is -2.15. The molecule has 0 aliphatic heterocycles. The van der Waals surface area contributed by atoms with Crippen molar-refractivity contribution in [2.24, 2.45) is 0 Å². The van der Waals surface area contributed by atoms with Crippen molar-refractivity contribution in [3.8, 4) is 0 Å². The Hall–Kier alpha value is -1.41. The number of hydrogen-bond donors (Lipinski definition) is 2. The Bertz CT molecular complexity index is 479. The number of carbonyl (C=O) groups is 1. The average Bonchev–Trinajstić information content (AvgIpc) is 2.61. The van der Waals surface area contributed by atoms with Crippen molar-refractivity contribution in [2.45, 2.75) is 18.2 Å². The van der Waals surface area contributed by atoms with Gasteiger partial charge in [0.25, 0.3) is 0 Å². The predicted octanol–water partition coefficient (Wildman–Crippen LogP) is -0.187. The summed E-state index contributed by atoms with van der Waals surface area (Å²) in [6.45, 7) is 1.52. The predicted molar refractivity (Wildman–Crippen MR) is 55.4 cm³/mol. The highest BCUT2D eigenvalue weighted by Crippen LogP contribution is 2.16. The Morgan fingerprint density at radius 1 is 1.62 bits per heavy atom. The van der Waals surface area contributed by atoms with Gasteiger partial charge in [-0.3, -0.25) is 9.89 Å². The summed E-state index contributed by atoms with van der Waals surface area (Å²) in [5, 5.41) is 14.6. The third kappa shape index (κ3) is 2.58. The Morgan fingerprint density at radius 2 is 2.25 bits per heavy atom. The fourth-order valence-electron chi connectivity index (χ4n) is 1.14. The molecular weight excluding hydrogens is 234 g/mol. The summed E-state index contributed by atoms with van der Waals surface area (Å²) < 4.78 is 24.8. The molecule has 1 heterocycles. The minimum atomic E-state index is -3.65. The number of H-pyrrole nitrogens is 1. The lowest BCUT2D eigenvalue weighted by Crippen LogP contribution is -2.29. The van der Waals surface area contributed by atoms with Crippen LogP contribution in [-0.4, -0.2) is 47.6 Å². The van der Waals surface area contributed by atoms with Crippen molar-refractivity contribution in [1.82, 2.24) is 14.5 Å². The zero-order chi connectivity index (χ0) is 12.3. The maximum Gasteiger partial charge on any atom is 0.304 e. The number of carboxylic acid groups (broad SMARTS) is 1. The van der Waals surface area contributed by atoms with Gasteiger partial charge in [0.1, 0.15) is 4.90 Å². The van der Waals surface area contributed by atoms with Crippen LogP contribution in [0, 0.1) is 6.92 Å². The summed E-state index contributed by atoms with van der Waals surface area (Å²) in [6, 6.07) is 0. The summed E-state index contributed by atoms with van der Waals surface area (Å²) in [5.41, 5.74) is 0.433. The zero-order valence-corrected chi connectivity index (χ0v) is 9.78. The second-order valence-corrected chi connectivity index (χ2v) is 5.34. The van der Waals surface area contributed by atoms with Gasteiger partial charge < -0.3 is 5.11 Å². The fraction of sp³-hybridized carbons (Fsp3) is 0.500. The van der Waals surface area contributed by atoms with Crippen molar-refractivity contribution in [1.29, 1.82) is 0 Å². The van der Waals surface area contributed by atoms with E-state index in [9.17, 15) is 13.2 Å². The highest BCUT2D eigenvalue weighted by Gasteiger charge is 2.24. The van der Waals surface area contributed by atoms with Crippen molar-refractivity contribution >= 4 is 16.0 Å². The first-order valence-corrected chi connectivity index (χ1v) is 5.98. The Labute approximate surface area is 93.1 Å². The van der Waals surface area contributed by atoms with Crippen LogP contribution in [0.1, 0.15) is 12.1 Å². The lowest BCUT2D eigenvalue weighted by atomic mass is 10.4. The van der Waals surface area contributed by atoms with Crippen LogP contribution in [0.5, 0.6) is 0 Å². The molecule has 0 bridgehead atoms. The molecule has 0 spiro atoms. The van der Waals surface area contributed by atoms with Crippen LogP contribution in [0.15, 0.2) is 11.1 Å². The Morgan fingerprint density at radius 3 is 2.69 bits per heavy atom. The van der Waals surface area contributed by atoms with Gasteiger partial charge in [-0.1, -0.05) is 0 Å². The molecular formula is C8H13N3O4S. The maximum absolute atomic E-state index is 11.9. The number of nitrogens with zero attached hydrogens (tertiary/aromatic N) is 2. The van der Waals surface area contributed by atoms with Crippen LogP contribution in [0.3, 0.4) is 0 Å². The molecule has 2 N–H and O–H groups in total. The van der Waals surface area contributed by atoms with Crippen molar-refractivity contribution < 1.29 is 18.3 Å². The number of aliphatic carboxylic acids is 1. The minimum Gasteiger partial charge on any atom is -0.481 e. The Kier molecular flexibility index (Phi) is 3.66. The van der Waals surface area contributed by atoms with E-state index in [2.05, 4.69) is 10.2 Å². The number of sulfonamides is 1. The van der Waals surface area contributed by atoms with Gasteiger partial charge in [0.2, 0.25) is 10.0 Å². The molecule has 0 saturated heterocycles. The van der Waals surface area contributed by atoms with Gasteiger partial charge in [0.15, 0.2) is 0 Å². The van der Waals surface area contributed by atoms with E-state index in [1.807, 2.05) is 0 Å². The first-order chi connectivity index (χ1) is 7.35. The summed E-state index contributed by atoms with van der Waals surface area (Å²) in [7, 11) is -2.31. The topological polar surface area (TPSA) is 103 Å². The number of aryl methyl sites for hydroxylation is 1. The molecule has 1 aromatic rings. The fourth-order valence-corrected chi connectivity index (χ4v) is 2.43. The zero-order valence-electron chi connectivity index (χ0n) is 8.97. The SMILES string of the molecule is Cc1[nH]ncc1S(=O)(=O)N(C)CCC(=O)O. The summed E-state index contributed by atoms with van der Waals surface area (Å²) in [4.78, 5) is 10.4. The molecule has 0 amide bonds. The smallest absolute Gasteiger partial charge is 0.304 e. The number of aromatic amines is 1. The molecule has 0 radical (unpaired) electrons. The van der Waals surface area contributed by atoms with Crippen LogP contribution in [0.25, 0.3) is 0 Å². The molecule has 0 unspecified atom stereocenters. The highest BCUT2D eigenvalue weighted by atomic mass is 32.2. The second-order valence-electron chi connectivity index (χ2n) is 3.33. The molecule has 7 nitrogen and oxygen atoms in total. The van der Waals surface area contributed by atoms with E-state index in [1.54, 1.807) is 6.92 Å². The summed E-state index contributed by atoms with van der Waals surface area (Å²) in [6.07, 6.45) is 0.981. The maximum atomic E-state index is 11.9. The molecule has 1 rings (SSSR count). The monoisotopic (exact) mass is 247 g/mol. The van der Waals surface area contributed by atoms with Crippen molar-refractivity contribution in [2.75, 3.05) is 13.6 Å². The van der Waals surface area contributed by atoms with Gasteiger partial charge in [-0.15, -0.1) is 0 Å². The van der Waals surface area contributed by atoms with E-state index in [-0.39, 0.29) is 17.9 Å².